The van der Waals surface area contributed by atoms with Gasteiger partial charge in [-0.2, -0.15) is 16.1 Å². The van der Waals surface area contributed by atoms with Crippen molar-refractivity contribution in [2.75, 3.05) is 29.3 Å². The zero-order valence-electron chi connectivity index (χ0n) is 13.9. The first-order valence-corrected chi connectivity index (χ1v) is 11.6. The minimum atomic E-state index is -3.83. The highest BCUT2D eigenvalue weighted by molar-refractivity contribution is 7.99. The molecule has 0 bridgehead atoms. The lowest BCUT2D eigenvalue weighted by molar-refractivity contribution is -0.130. The Kier molecular flexibility index (Phi) is 6.06. The van der Waals surface area contributed by atoms with Crippen molar-refractivity contribution in [3.05, 3.63) is 34.6 Å². The highest BCUT2D eigenvalue weighted by Gasteiger charge is 2.22. The Morgan fingerprint density at radius 3 is 2.81 bits per heavy atom. The summed E-state index contributed by atoms with van der Waals surface area (Å²) in [6, 6.07) is 4.68. The van der Waals surface area contributed by atoms with E-state index in [0.717, 1.165) is 36.1 Å². The van der Waals surface area contributed by atoms with Gasteiger partial charge in [-0.25, -0.2) is 13.4 Å². The monoisotopic (exact) mass is 432 g/mol. The summed E-state index contributed by atoms with van der Waals surface area (Å²) in [6.07, 6.45) is 0.0685. The first kappa shape index (κ1) is 19.4. The van der Waals surface area contributed by atoms with E-state index in [0.29, 0.717) is 16.4 Å². The van der Waals surface area contributed by atoms with Gasteiger partial charge in [0, 0.05) is 41.2 Å². The third kappa shape index (κ3) is 4.48. The number of nitrogens with one attached hydrogen (secondary N) is 1. The molecular weight excluding hydrogens is 416 g/mol. The summed E-state index contributed by atoms with van der Waals surface area (Å²) >= 11 is 8.73. The summed E-state index contributed by atoms with van der Waals surface area (Å²) in [4.78, 5) is 18.3. The highest BCUT2D eigenvalue weighted by atomic mass is 35.5. The van der Waals surface area contributed by atoms with E-state index in [4.69, 9.17) is 11.6 Å². The van der Waals surface area contributed by atoms with E-state index in [2.05, 4.69) is 14.1 Å². The second kappa shape index (κ2) is 8.12. The summed E-state index contributed by atoms with van der Waals surface area (Å²) in [7, 11) is -3.83. The Morgan fingerprint density at radius 2 is 2.08 bits per heavy atom. The van der Waals surface area contributed by atoms with E-state index < -0.39 is 10.0 Å². The maximum atomic E-state index is 12.5. The first-order valence-electron chi connectivity index (χ1n) is 7.83. The molecule has 1 fully saturated rings. The van der Waals surface area contributed by atoms with E-state index in [1.807, 2.05) is 11.8 Å². The van der Waals surface area contributed by atoms with Gasteiger partial charge in [0.15, 0.2) is 5.82 Å². The molecule has 1 aliphatic heterocycles. The number of nitrogens with zero attached hydrogens (tertiary/aromatic N) is 3. The van der Waals surface area contributed by atoms with Crippen LogP contribution in [0.15, 0.2) is 23.1 Å². The zero-order valence-corrected chi connectivity index (χ0v) is 17.1. The molecule has 2 aromatic rings. The fourth-order valence-corrected chi connectivity index (χ4v) is 5.69. The highest BCUT2D eigenvalue weighted by Crippen LogP contribution is 2.25. The lowest BCUT2D eigenvalue weighted by atomic mass is 10.2. The number of sulfonamides is 1. The predicted octanol–water partition coefficient (Wildman–Crippen LogP) is 2.42. The molecule has 1 saturated heterocycles. The van der Waals surface area contributed by atoms with Gasteiger partial charge in [0.05, 0.1) is 11.3 Å². The predicted molar refractivity (Wildman–Crippen MR) is 105 cm³/mol. The van der Waals surface area contributed by atoms with Crippen LogP contribution >= 0.6 is 34.9 Å². The van der Waals surface area contributed by atoms with Crippen LogP contribution in [-0.2, 0) is 21.2 Å². The molecule has 1 amide bonds. The molecule has 1 N–H and O–H groups in total. The standard InChI is InChI=1S/C15H17ClN4O3S3/c1-10-11(16)3-2-4-12(10)26(22,23)19-15-17-13(18-25-15)9-14(21)20-5-7-24-8-6-20/h2-4H,5-9H2,1H3,(H,17,18,19). The summed E-state index contributed by atoms with van der Waals surface area (Å²) in [5.74, 6) is 2.14. The number of benzene rings is 1. The van der Waals surface area contributed by atoms with Crippen molar-refractivity contribution in [2.45, 2.75) is 18.2 Å². The molecule has 0 unspecified atom stereocenters. The average Bonchev–Trinajstić information content (AvgIpc) is 3.04. The molecule has 11 heteroatoms. The number of carbonyl (C=O) groups is 1. The normalized spacial score (nSPS) is 15.1. The van der Waals surface area contributed by atoms with Crippen LogP contribution in [0.2, 0.25) is 5.02 Å². The van der Waals surface area contributed by atoms with Crippen molar-refractivity contribution < 1.29 is 13.2 Å². The van der Waals surface area contributed by atoms with Crippen LogP contribution in [0.1, 0.15) is 11.4 Å². The number of hydrogen-bond acceptors (Lipinski definition) is 7. The van der Waals surface area contributed by atoms with Gasteiger partial charge in [0.1, 0.15) is 0 Å². The van der Waals surface area contributed by atoms with Gasteiger partial charge in [0.25, 0.3) is 10.0 Å². The lowest BCUT2D eigenvalue weighted by Gasteiger charge is -2.25. The number of rotatable bonds is 5. The number of halogens is 1. The number of amides is 1. The minimum Gasteiger partial charge on any atom is -0.341 e. The molecule has 0 radical (unpaired) electrons. The number of hydrogen-bond donors (Lipinski definition) is 1. The van der Waals surface area contributed by atoms with Crippen molar-refractivity contribution in [1.82, 2.24) is 14.3 Å². The number of anilines is 1. The zero-order chi connectivity index (χ0) is 18.7. The fourth-order valence-electron chi connectivity index (χ4n) is 2.48. The van der Waals surface area contributed by atoms with Crippen LogP contribution in [0.3, 0.4) is 0 Å². The van der Waals surface area contributed by atoms with E-state index in [-0.39, 0.29) is 22.4 Å². The lowest BCUT2D eigenvalue weighted by Crippen LogP contribution is -2.38. The van der Waals surface area contributed by atoms with Crippen LogP contribution in [0.25, 0.3) is 0 Å². The third-order valence-electron chi connectivity index (χ3n) is 3.87. The van der Waals surface area contributed by atoms with Gasteiger partial charge in [-0.1, -0.05) is 17.7 Å². The number of carbonyl (C=O) groups excluding carboxylic acids is 1. The topological polar surface area (TPSA) is 92.3 Å². The summed E-state index contributed by atoms with van der Waals surface area (Å²) in [5.41, 5.74) is 0.463. The van der Waals surface area contributed by atoms with E-state index in [1.54, 1.807) is 24.0 Å². The van der Waals surface area contributed by atoms with Crippen molar-refractivity contribution in [2.24, 2.45) is 0 Å². The molecule has 0 atom stereocenters. The summed E-state index contributed by atoms with van der Waals surface area (Å²) < 4.78 is 31.6. The molecule has 2 heterocycles. The van der Waals surface area contributed by atoms with Crippen molar-refractivity contribution in [1.29, 1.82) is 0 Å². The third-order valence-corrected chi connectivity index (χ3v) is 7.50. The van der Waals surface area contributed by atoms with Gasteiger partial charge in [0.2, 0.25) is 11.0 Å². The molecule has 1 aromatic heterocycles. The summed E-state index contributed by atoms with van der Waals surface area (Å²) in [6.45, 7) is 3.08. The van der Waals surface area contributed by atoms with Crippen LogP contribution in [-0.4, -0.2) is 53.2 Å². The summed E-state index contributed by atoms with van der Waals surface area (Å²) in [5, 5.41) is 0.498. The molecule has 1 aromatic carbocycles. The molecular formula is C15H17ClN4O3S3. The van der Waals surface area contributed by atoms with Crippen LogP contribution < -0.4 is 4.72 Å². The van der Waals surface area contributed by atoms with Gasteiger partial charge < -0.3 is 4.90 Å². The van der Waals surface area contributed by atoms with Gasteiger partial charge >= 0.3 is 0 Å². The average molecular weight is 433 g/mol. The van der Waals surface area contributed by atoms with Crippen LogP contribution in [0, 0.1) is 6.92 Å². The first-order chi connectivity index (χ1) is 12.4. The Morgan fingerprint density at radius 1 is 1.35 bits per heavy atom. The quantitative estimate of drug-likeness (QED) is 0.779. The Labute approximate surface area is 165 Å². The van der Waals surface area contributed by atoms with Gasteiger partial charge in [-0.05, 0) is 24.6 Å². The van der Waals surface area contributed by atoms with E-state index in [9.17, 15) is 13.2 Å². The van der Waals surface area contributed by atoms with Gasteiger partial charge in [-0.15, -0.1) is 0 Å². The fraction of sp³-hybridized carbons (Fsp3) is 0.400. The van der Waals surface area contributed by atoms with Crippen LogP contribution in [0.4, 0.5) is 5.13 Å². The van der Waals surface area contributed by atoms with E-state index >= 15 is 0 Å². The van der Waals surface area contributed by atoms with Crippen LogP contribution in [0.5, 0.6) is 0 Å². The number of thioether (sulfide) groups is 1. The molecule has 140 valence electrons. The molecule has 7 nitrogen and oxygen atoms in total. The van der Waals surface area contributed by atoms with Crippen molar-refractivity contribution in [3.63, 3.8) is 0 Å². The van der Waals surface area contributed by atoms with E-state index in [1.165, 1.54) is 6.07 Å². The Balaban J connectivity index is 1.69. The minimum absolute atomic E-state index is 0.0387. The maximum absolute atomic E-state index is 12.5. The van der Waals surface area contributed by atoms with Gasteiger partial charge in [-0.3, -0.25) is 9.52 Å². The van der Waals surface area contributed by atoms with Crippen molar-refractivity contribution >= 4 is 56.0 Å². The molecule has 0 saturated carbocycles. The molecule has 1 aliphatic rings. The molecule has 0 spiro atoms. The maximum Gasteiger partial charge on any atom is 0.264 e. The SMILES string of the molecule is Cc1c(Cl)cccc1S(=O)(=O)Nc1nc(CC(=O)N2CCSCC2)ns1. The molecule has 3 rings (SSSR count). The Hall–Kier alpha value is -1.36. The van der Waals surface area contributed by atoms with Crippen molar-refractivity contribution in [3.8, 4) is 0 Å². The molecule has 0 aliphatic carbocycles. The second-order valence-corrected chi connectivity index (χ2v) is 9.69. The Bertz CT molecular complexity index is 911. The number of aromatic nitrogens is 2. The smallest absolute Gasteiger partial charge is 0.264 e. The second-order valence-electron chi connectivity index (χ2n) is 5.65. The molecule has 26 heavy (non-hydrogen) atoms. The largest absolute Gasteiger partial charge is 0.341 e.